The van der Waals surface area contributed by atoms with Crippen molar-refractivity contribution in [2.45, 2.75) is 33.3 Å². The maximum atomic E-state index is 10.4. The van der Waals surface area contributed by atoms with Gasteiger partial charge in [0, 0.05) is 23.1 Å². The zero-order chi connectivity index (χ0) is 14.0. The van der Waals surface area contributed by atoms with Crippen molar-refractivity contribution in [1.29, 1.82) is 0 Å². The normalized spacial score (nSPS) is 12.5. The Hall–Kier alpha value is -1.39. The van der Waals surface area contributed by atoms with E-state index in [1.807, 2.05) is 38.3 Å². The molecular formula is C15H19NO2S. The lowest BCUT2D eigenvalue weighted by Gasteiger charge is -2.17. The summed E-state index contributed by atoms with van der Waals surface area (Å²) in [5.41, 5.74) is 4.07. The Balaban J connectivity index is 2.28. The molecule has 2 aromatic rings. The molecular weight excluding hydrogens is 258 g/mol. The molecule has 0 aliphatic rings. The first-order chi connectivity index (χ1) is 9.02. The number of ether oxygens (including phenoxy) is 1. The van der Waals surface area contributed by atoms with Crippen LogP contribution in [0.15, 0.2) is 17.5 Å². The summed E-state index contributed by atoms with van der Waals surface area (Å²) >= 11 is 1.58. The molecule has 1 atom stereocenters. The van der Waals surface area contributed by atoms with Gasteiger partial charge in [-0.1, -0.05) is 12.1 Å². The molecule has 0 saturated carbocycles. The molecule has 0 amide bonds. The monoisotopic (exact) mass is 277 g/mol. The lowest BCUT2D eigenvalue weighted by Crippen LogP contribution is -2.06. The Labute approximate surface area is 117 Å². The van der Waals surface area contributed by atoms with Crippen molar-refractivity contribution >= 4 is 11.3 Å². The summed E-state index contributed by atoms with van der Waals surface area (Å²) in [5.74, 6) is 0.778. The van der Waals surface area contributed by atoms with Crippen LogP contribution in [0.5, 0.6) is 5.75 Å². The van der Waals surface area contributed by atoms with Crippen LogP contribution in [-0.2, 0) is 6.42 Å². The van der Waals surface area contributed by atoms with Gasteiger partial charge in [-0.25, -0.2) is 4.98 Å². The van der Waals surface area contributed by atoms with Crippen molar-refractivity contribution in [3.63, 3.8) is 0 Å². The van der Waals surface area contributed by atoms with Crippen molar-refractivity contribution in [1.82, 2.24) is 4.98 Å². The molecule has 4 heteroatoms. The van der Waals surface area contributed by atoms with Crippen molar-refractivity contribution in [2.75, 3.05) is 7.11 Å². The van der Waals surface area contributed by atoms with Crippen molar-refractivity contribution in [3.05, 3.63) is 44.9 Å². The number of hydrogen-bond acceptors (Lipinski definition) is 4. The van der Waals surface area contributed by atoms with Gasteiger partial charge in [0.1, 0.15) is 5.75 Å². The molecule has 2 rings (SSSR count). The highest BCUT2D eigenvalue weighted by molar-refractivity contribution is 7.09. The number of thiazole rings is 1. The Bertz CT molecular complexity index is 578. The maximum Gasteiger partial charge on any atom is 0.127 e. The molecule has 19 heavy (non-hydrogen) atoms. The number of rotatable bonds is 4. The zero-order valence-corrected chi connectivity index (χ0v) is 12.5. The van der Waals surface area contributed by atoms with E-state index in [1.54, 1.807) is 18.4 Å². The van der Waals surface area contributed by atoms with Gasteiger partial charge in [0.05, 0.1) is 18.2 Å². The third kappa shape index (κ3) is 2.96. The molecule has 3 nitrogen and oxygen atoms in total. The first kappa shape index (κ1) is 14.0. The summed E-state index contributed by atoms with van der Waals surface area (Å²) in [4.78, 5) is 4.39. The molecule has 1 N–H and O–H groups in total. The first-order valence-electron chi connectivity index (χ1n) is 6.26. The fraction of sp³-hybridized carbons (Fsp3) is 0.400. The van der Waals surface area contributed by atoms with Gasteiger partial charge in [0.15, 0.2) is 0 Å². The SMILES string of the molecule is COc1c(C(O)Cc2nc(C)cs2)ccc(C)c1C. The molecule has 0 bridgehead atoms. The average Bonchev–Trinajstić information content (AvgIpc) is 2.77. The summed E-state index contributed by atoms with van der Waals surface area (Å²) in [6, 6.07) is 3.95. The predicted molar refractivity (Wildman–Crippen MR) is 78.0 cm³/mol. The van der Waals surface area contributed by atoms with Crippen LogP contribution in [0.3, 0.4) is 0 Å². The van der Waals surface area contributed by atoms with E-state index in [4.69, 9.17) is 4.74 Å². The topological polar surface area (TPSA) is 42.4 Å². The number of nitrogens with zero attached hydrogens (tertiary/aromatic N) is 1. The van der Waals surface area contributed by atoms with Crippen LogP contribution in [0.4, 0.5) is 0 Å². The van der Waals surface area contributed by atoms with E-state index in [0.29, 0.717) is 6.42 Å². The van der Waals surface area contributed by atoms with E-state index in [0.717, 1.165) is 33.1 Å². The quantitative estimate of drug-likeness (QED) is 0.932. The van der Waals surface area contributed by atoms with Crippen LogP contribution >= 0.6 is 11.3 Å². The highest BCUT2D eigenvalue weighted by Crippen LogP contribution is 2.32. The van der Waals surface area contributed by atoms with Gasteiger partial charge in [-0.3, -0.25) is 0 Å². The highest BCUT2D eigenvalue weighted by atomic mass is 32.1. The van der Waals surface area contributed by atoms with Gasteiger partial charge in [-0.05, 0) is 31.9 Å². The maximum absolute atomic E-state index is 10.4. The van der Waals surface area contributed by atoms with Gasteiger partial charge in [-0.15, -0.1) is 11.3 Å². The average molecular weight is 277 g/mol. The van der Waals surface area contributed by atoms with Gasteiger partial charge in [0.25, 0.3) is 0 Å². The molecule has 102 valence electrons. The third-order valence-corrected chi connectivity index (χ3v) is 4.29. The number of aliphatic hydroxyl groups is 1. The summed E-state index contributed by atoms with van der Waals surface area (Å²) in [6.07, 6.45) is -0.0584. The van der Waals surface area contributed by atoms with Gasteiger partial charge in [-0.2, -0.15) is 0 Å². The van der Waals surface area contributed by atoms with Crippen LogP contribution in [0.2, 0.25) is 0 Å². The first-order valence-corrected chi connectivity index (χ1v) is 7.14. The van der Waals surface area contributed by atoms with E-state index < -0.39 is 6.10 Å². The summed E-state index contributed by atoms with van der Waals surface area (Å²) < 4.78 is 5.44. The van der Waals surface area contributed by atoms with Crippen LogP contribution in [-0.4, -0.2) is 17.2 Å². The number of methoxy groups -OCH3 is 1. The van der Waals surface area contributed by atoms with Gasteiger partial charge < -0.3 is 9.84 Å². The van der Waals surface area contributed by atoms with E-state index >= 15 is 0 Å². The molecule has 1 unspecified atom stereocenters. The smallest absolute Gasteiger partial charge is 0.127 e. The molecule has 1 heterocycles. The minimum atomic E-state index is -0.584. The fourth-order valence-electron chi connectivity index (χ4n) is 2.12. The Morgan fingerprint density at radius 3 is 2.63 bits per heavy atom. The number of hydrogen-bond donors (Lipinski definition) is 1. The Kier molecular flexibility index (Phi) is 4.22. The number of benzene rings is 1. The summed E-state index contributed by atoms with van der Waals surface area (Å²) in [5, 5.41) is 13.3. The molecule has 1 aromatic carbocycles. The van der Waals surface area contributed by atoms with Gasteiger partial charge >= 0.3 is 0 Å². The second-order valence-corrected chi connectivity index (χ2v) is 5.68. The van der Waals surface area contributed by atoms with Crippen molar-refractivity contribution < 1.29 is 9.84 Å². The minimum Gasteiger partial charge on any atom is -0.496 e. The second kappa shape index (κ2) is 5.72. The molecule has 0 aliphatic carbocycles. The third-order valence-electron chi connectivity index (χ3n) is 3.30. The van der Waals surface area contributed by atoms with E-state index in [1.165, 1.54) is 0 Å². The van der Waals surface area contributed by atoms with E-state index in [2.05, 4.69) is 4.98 Å². The lowest BCUT2D eigenvalue weighted by atomic mass is 9.99. The lowest BCUT2D eigenvalue weighted by molar-refractivity contribution is 0.173. The van der Waals surface area contributed by atoms with Crippen LogP contribution < -0.4 is 4.74 Å². The van der Waals surface area contributed by atoms with Crippen LogP contribution in [0.25, 0.3) is 0 Å². The molecule has 0 spiro atoms. The van der Waals surface area contributed by atoms with Crippen molar-refractivity contribution in [2.24, 2.45) is 0 Å². The number of aryl methyl sites for hydroxylation is 2. The number of aromatic nitrogens is 1. The molecule has 0 aliphatic heterocycles. The highest BCUT2D eigenvalue weighted by Gasteiger charge is 2.17. The standard InChI is InChI=1S/C15H19NO2S/c1-9-5-6-12(15(18-4)11(9)3)13(17)7-14-16-10(2)8-19-14/h5-6,8,13,17H,7H2,1-4H3. The Morgan fingerprint density at radius 1 is 1.32 bits per heavy atom. The number of aliphatic hydroxyl groups excluding tert-OH is 1. The molecule has 0 radical (unpaired) electrons. The largest absolute Gasteiger partial charge is 0.496 e. The predicted octanol–water partition coefficient (Wildman–Crippen LogP) is 3.35. The second-order valence-electron chi connectivity index (χ2n) is 4.73. The van der Waals surface area contributed by atoms with Crippen LogP contribution in [0.1, 0.15) is 33.5 Å². The van der Waals surface area contributed by atoms with Gasteiger partial charge in [0.2, 0.25) is 0 Å². The summed E-state index contributed by atoms with van der Waals surface area (Å²) in [6.45, 7) is 6.01. The fourth-order valence-corrected chi connectivity index (χ4v) is 2.93. The molecule has 0 saturated heterocycles. The van der Waals surface area contributed by atoms with Crippen molar-refractivity contribution in [3.8, 4) is 5.75 Å². The van der Waals surface area contributed by atoms with E-state index in [9.17, 15) is 5.11 Å². The molecule has 0 fully saturated rings. The Morgan fingerprint density at radius 2 is 2.05 bits per heavy atom. The molecule has 1 aromatic heterocycles. The minimum absolute atomic E-state index is 0.525. The van der Waals surface area contributed by atoms with E-state index in [-0.39, 0.29) is 0 Å². The summed E-state index contributed by atoms with van der Waals surface area (Å²) in [7, 11) is 1.64. The van der Waals surface area contributed by atoms with Crippen LogP contribution in [0, 0.1) is 20.8 Å². The zero-order valence-electron chi connectivity index (χ0n) is 11.7.